The Morgan fingerprint density at radius 1 is 1.29 bits per heavy atom. The van der Waals surface area contributed by atoms with Crippen molar-refractivity contribution in [2.75, 3.05) is 7.05 Å². The second kappa shape index (κ2) is 10.3. The quantitative estimate of drug-likeness (QED) is 0.412. The fourth-order valence-electron chi connectivity index (χ4n) is 3.68. The van der Waals surface area contributed by atoms with Crippen molar-refractivity contribution >= 4 is 29.9 Å². The van der Waals surface area contributed by atoms with Gasteiger partial charge >= 0.3 is 0 Å². The highest BCUT2D eigenvalue weighted by atomic mass is 127. The predicted molar refractivity (Wildman–Crippen MR) is 112 cm³/mol. The summed E-state index contributed by atoms with van der Waals surface area (Å²) in [5.74, 6) is 4.15. The summed E-state index contributed by atoms with van der Waals surface area (Å²) in [4.78, 5) is 8.84. The van der Waals surface area contributed by atoms with Crippen LogP contribution in [0.25, 0.3) is 0 Å². The van der Waals surface area contributed by atoms with Gasteiger partial charge in [-0.25, -0.2) is 4.98 Å². The molecule has 1 aliphatic carbocycles. The number of nitrogens with one attached hydrogen (secondary N) is 2. The first-order valence-electron chi connectivity index (χ1n) is 8.95. The molecule has 24 heavy (non-hydrogen) atoms. The fourth-order valence-corrected chi connectivity index (χ4v) is 3.68. The molecule has 0 radical (unpaired) electrons. The smallest absolute Gasteiger partial charge is 0.191 e. The number of nitrogens with zero attached hydrogens (tertiary/aromatic N) is 3. The van der Waals surface area contributed by atoms with Crippen LogP contribution >= 0.6 is 24.0 Å². The molecule has 2 unspecified atom stereocenters. The average molecular weight is 447 g/mol. The maximum absolute atomic E-state index is 4.46. The number of rotatable bonds is 5. The summed E-state index contributed by atoms with van der Waals surface area (Å²) in [6, 6.07) is 0.523. The molecule has 138 valence electrons. The van der Waals surface area contributed by atoms with Gasteiger partial charge in [-0.1, -0.05) is 27.7 Å². The fraction of sp³-hybridized carbons (Fsp3) is 0.778. The van der Waals surface area contributed by atoms with Crippen molar-refractivity contribution in [2.24, 2.45) is 22.7 Å². The Morgan fingerprint density at radius 2 is 1.96 bits per heavy atom. The van der Waals surface area contributed by atoms with Crippen molar-refractivity contribution in [3.05, 3.63) is 18.2 Å². The highest BCUT2D eigenvalue weighted by Crippen LogP contribution is 2.28. The van der Waals surface area contributed by atoms with Crippen LogP contribution in [0.15, 0.2) is 17.4 Å². The van der Waals surface area contributed by atoms with Crippen molar-refractivity contribution in [1.82, 2.24) is 20.2 Å². The van der Waals surface area contributed by atoms with Gasteiger partial charge in [-0.15, -0.1) is 24.0 Å². The SMILES string of the molecule is CN=C(NCc1nccn1CC(C)C)NC1CC(C)CC(C)C1.I. The second-order valence-electron chi connectivity index (χ2n) is 7.57. The van der Waals surface area contributed by atoms with Gasteiger partial charge in [0.2, 0.25) is 0 Å². The maximum Gasteiger partial charge on any atom is 0.191 e. The predicted octanol–water partition coefficient (Wildman–Crippen LogP) is 3.65. The van der Waals surface area contributed by atoms with Crippen molar-refractivity contribution in [1.29, 1.82) is 0 Å². The van der Waals surface area contributed by atoms with Gasteiger partial charge in [0.15, 0.2) is 5.96 Å². The Hall–Kier alpha value is -0.790. The Labute approximate surface area is 164 Å². The monoisotopic (exact) mass is 447 g/mol. The molecule has 0 spiro atoms. The number of aromatic nitrogens is 2. The molecule has 0 aromatic carbocycles. The Morgan fingerprint density at radius 3 is 2.54 bits per heavy atom. The van der Waals surface area contributed by atoms with Gasteiger partial charge in [-0.3, -0.25) is 4.99 Å². The highest BCUT2D eigenvalue weighted by Gasteiger charge is 2.24. The zero-order valence-corrected chi connectivity index (χ0v) is 18.1. The van der Waals surface area contributed by atoms with E-state index in [4.69, 9.17) is 0 Å². The summed E-state index contributed by atoms with van der Waals surface area (Å²) >= 11 is 0. The van der Waals surface area contributed by atoms with Crippen molar-refractivity contribution in [3.63, 3.8) is 0 Å². The molecular formula is C18H34IN5. The van der Waals surface area contributed by atoms with Gasteiger partial charge in [-0.05, 0) is 37.0 Å². The van der Waals surface area contributed by atoms with Crippen LogP contribution in [0.5, 0.6) is 0 Å². The molecule has 0 amide bonds. The van der Waals surface area contributed by atoms with Crippen LogP contribution < -0.4 is 10.6 Å². The number of hydrogen-bond donors (Lipinski definition) is 2. The lowest BCUT2D eigenvalue weighted by Crippen LogP contribution is -2.46. The Balaban J connectivity index is 0.00000288. The molecule has 5 nitrogen and oxygen atoms in total. The topological polar surface area (TPSA) is 54.2 Å². The summed E-state index contributed by atoms with van der Waals surface area (Å²) in [7, 11) is 1.84. The first-order chi connectivity index (χ1) is 11.0. The second-order valence-corrected chi connectivity index (χ2v) is 7.57. The zero-order chi connectivity index (χ0) is 16.8. The molecule has 1 aromatic heterocycles. The molecule has 2 N–H and O–H groups in total. The van der Waals surface area contributed by atoms with Crippen molar-refractivity contribution < 1.29 is 0 Å². The number of halogens is 1. The molecule has 1 aliphatic rings. The third-order valence-corrected chi connectivity index (χ3v) is 4.52. The number of imidazole rings is 1. The van der Waals surface area contributed by atoms with Gasteiger partial charge in [0, 0.05) is 32.0 Å². The maximum atomic E-state index is 4.46. The Kier molecular flexibility index (Phi) is 9.08. The molecule has 6 heteroatoms. The van der Waals surface area contributed by atoms with Crippen molar-refractivity contribution in [3.8, 4) is 0 Å². The summed E-state index contributed by atoms with van der Waals surface area (Å²) in [5, 5.41) is 7.01. The Bertz CT molecular complexity index is 501. The molecule has 1 heterocycles. The first-order valence-corrected chi connectivity index (χ1v) is 8.95. The minimum atomic E-state index is 0. The molecule has 0 bridgehead atoms. The standard InChI is InChI=1S/C18H33N5.HI/c1-13(2)12-23-7-6-20-17(23)11-21-18(19-5)22-16-9-14(3)8-15(4)10-16;/h6-7,13-16H,8-12H2,1-5H3,(H2,19,21,22);1H. The van der Waals surface area contributed by atoms with Crippen LogP contribution in [0.4, 0.5) is 0 Å². The summed E-state index contributed by atoms with van der Waals surface area (Å²) in [6.07, 6.45) is 7.73. The largest absolute Gasteiger partial charge is 0.354 e. The molecular weight excluding hydrogens is 413 g/mol. The van der Waals surface area contributed by atoms with E-state index in [1.165, 1.54) is 19.3 Å². The first kappa shape index (κ1) is 21.3. The lowest BCUT2D eigenvalue weighted by atomic mass is 9.80. The van der Waals surface area contributed by atoms with Gasteiger partial charge in [0.05, 0.1) is 6.54 Å². The molecule has 2 atom stereocenters. The normalized spacial score (nSPS) is 24.6. The van der Waals surface area contributed by atoms with Crippen LogP contribution in [-0.2, 0) is 13.1 Å². The number of hydrogen-bond acceptors (Lipinski definition) is 2. The minimum absolute atomic E-state index is 0. The molecule has 1 saturated carbocycles. The van der Waals surface area contributed by atoms with E-state index in [1.54, 1.807) is 0 Å². The highest BCUT2D eigenvalue weighted by molar-refractivity contribution is 14.0. The van der Waals surface area contributed by atoms with E-state index in [0.717, 1.165) is 30.2 Å². The molecule has 0 saturated heterocycles. The summed E-state index contributed by atoms with van der Waals surface area (Å²) < 4.78 is 2.22. The molecule has 1 fully saturated rings. The van der Waals surface area contributed by atoms with Crippen LogP contribution in [0.3, 0.4) is 0 Å². The lowest BCUT2D eigenvalue weighted by molar-refractivity contribution is 0.255. The minimum Gasteiger partial charge on any atom is -0.354 e. The zero-order valence-electron chi connectivity index (χ0n) is 15.7. The van der Waals surface area contributed by atoms with E-state index in [0.29, 0.717) is 18.5 Å². The summed E-state index contributed by atoms with van der Waals surface area (Å²) in [6.45, 7) is 10.9. The van der Waals surface area contributed by atoms with E-state index >= 15 is 0 Å². The molecule has 0 aliphatic heterocycles. The third kappa shape index (κ3) is 6.61. The van der Waals surface area contributed by atoms with Gasteiger partial charge in [0.1, 0.15) is 5.82 Å². The lowest BCUT2D eigenvalue weighted by Gasteiger charge is -2.32. The van der Waals surface area contributed by atoms with Gasteiger partial charge in [-0.2, -0.15) is 0 Å². The number of aliphatic imine (C=N–C) groups is 1. The molecule has 2 rings (SSSR count). The van der Waals surface area contributed by atoms with E-state index in [1.807, 2.05) is 13.2 Å². The van der Waals surface area contributed by atoms with Crippen LogP contribution in [0.2, 0.25) is 0 Å². The van der Waals surface area contributed by atoms with E-state index < -0.39 is 0 Å². The third-order valence-electron chi connectivity index (χ3n) is 4.52. The van der Waals surface area contributed by atoms with Gasteiger partial charge < -0.3 is 15.2 Å². The van der Waals surface area contributed by atoms with E-state index in [2.05, 4.69) is 59.1 Å². The van der Waals surface area contributed by atoms with Crippen LogP contribution in [-0.4, -0.2) is 28.6 Å². The van der Waals surface area contributed by atoms with E-state index in [-0.39, 0.29) is 24.0 Å². The van der Waals surface area contributed by atoms with Gasteiger partial charge in [0.25, 0.3) is 0 Å². The molecule has 1 aromatic rings. The van der Waals surface area contributed by atoms with E-state index in [9.17, 15) is 0 Å². The summed E-state index contributed by atoms with van der Waals surface area (Å²) in [5.41, 5.74) is 0. The van der Waals surface area contributed by atoms with Crippen LogP contribution in [0, 0.1) is 17.8 Å². The average Bonchev–Trinajstić information content (AvgIpc) is 2.88. The van der Waals surface area contributed by atoms with Crippen LogP contribution in [0.1, 0.15) is 52.8 Å². The number of guanidine groups is 1. The van der Waals surface area contributed by atoms with Crippen molar-refractivity contribution in [2.45, 2.75) is 66.1 Å².